The van der Waals surface area contributed by atoms with E-state index in [2.05, 4.69) is 35.0 Å². The number of rotatable bonds is 4. The number of nitrogens with one attached hydrogen (secondary N) is 1. The van der Waals surface area contributed by atoms with Gasteiger partial charge >= 0.3 is 0 Å². The molecule has 0 aliphatic carbocycles. The number of hydrogen-bond acceptors (Lipinski definition) is 2. The number of hydrogen-bond donors (Lipinski definition) is 1. The summed E-state index contributed by atoms with van der Waals surface area (Å²) in [6.07, 6.45) is 1.12. The first-order valence-electron chi connectivity index (χ1n) is 4.82. The molecule has 0 aromatic carbocycles. The van der Waals surface area contributed by atoms with Crippen molar-refractivity contribution in [2.24, 2.45) is 0 Å². The van der Waals surface area contributed by atoms with Crippen LogP contribution in [0.5, 0.6) is 0 Å². The van der Waals surface area contributed by atoms with E-state index in [1.165, 1.54) is 5.69 Å². The molecule has 0 bridgehead atoms. The van der Waals surface area contributed by atoms with Crippen LogP contribution in [0.2, 0.25) is 0 Å². The lowest BCUT2D eigenvalue weighted by Crippen LogP contribution is -2.16. The summed E-state index contributed by atoms with van der Waals surface area (Å²) in [6.45, 7) is 7.39. The molecule has 0 spiro atoms. The van der Waals surface area contributed by atoms with Crippen LogP contribution >= 0.6 is 0 Å². The van der Waals surface area contributed by atoms with Gasteiger partial charge in [0.05, 0.1) is 11.7 Å². The first-order chi connectivity index (χ1) is 6.15. The van der Waals surface area contributed by atoms with Crippen molar-refractivity contribution in [2.45, 2.75) is 33.2 Å². The highest BCUT2D eigenvalue weighted by atomic mass is 15.3. The Labute approximate surface area is 80.1 Å². The maximum atomic E-state index is 4.45. The standard InChI is InChI=1S/C10H19N3/c1-8-7-10(3)13(12-8)9(2)5-6-11-4/h7,9,11H,5-6H2,1-4H3. The minimum atomic E-state index is 0.487. The summed E-state index contributed by atoms with van der Waals surface area (Å²) in [5.74, 6) is 0. The van der Waals surface area contributed by atoms with Crippen molar-refractivity contribution in [1.82, 2.24) is 15.1 Å². The summed E-state index contributed by atoms with van der Waals surface area (Å²) < 4.78 is 2.10. The monoisotopic (exact) mass is 181 g/mol. The Hall–Kier alpha value is -0.830. The van der Waals surface area contributed by atoms with Gasteiger partial charge in [-0.15, -0.1) is 0 Å². The van der Waals surface area contributed by atoms with Crippen molar-refractivity contribution in [3.8, 4) is 0 Å². The van der Waals surface area contributed by atoms with E-state index in [0.717, 1.165) is 18.7 Å². The van der Waals surface area contributed by atoms with E-state index in [4.69, 9.17) is 0 Å². The summed E-state index contributed by atoms with van der Waals surface area (Å²) in [5.41, 5.74) is 2.36. The van der Waals surface area contributed by atoms with Gasteiger partial charge in [-0.05, 0) is 46.9 Å². The molecule has 0 aliphatic heterocycles. The number of aryl methyl sites for hydroxylation is 2. The van der Waals surface area contributed by atoms with Gasteiger partial charge in [-0.1, -0.05) is 0 Å². The van der Waals surface area contributed by atoms with E-state index in [1.807, 2.05) is 14.0 Å². The highest BCUT2D eigenvalue weighted by Gasteiger charge is 2.07. The third-order valence-electron chi connectivity index (χ3n) is 2.27. The lowest BCUT2D eigenvalue weighted by Gasteiger charge is -2.13. The molecular weight excluding hydrogens is 162 g/mol. The Morgan fingerprint density at radius 2 is 2.23 bits per heavy atom. The number of aromatic nitrogens is 2. The molecule has 1 heterocycles. The summed E-state index contributed by atoms with van der Waals surface area (Å²) in [5, 5.41) is 7.61. The SMILES string of the molecule is CNCCC(C)n1nc(C)cc1C. The predicted octanol–water partition coefficient (Wildman–Crippen LogP) is 1.67. The van der Waals surface area contributed by atoms with Crippen molar-refractivity contribution >= 4 is 0 Å². The van der Waals surface area contributed by atoms with Gasteiger partial charge in [0.1, 0.15) is 0 Å². The van der Waals surface area contributed by atoms with E-state index in [1.54, 1.807) is 0 Å². The van der Waals surface area contributed by atoms with Crippen LogP contribution in [0.3, 0.4) is 0 Å². The lowest BCUT2D eigenvalue weighted by atomic mass is 10.2. The molecule has 3 nitrogen and oxygen atoms in total. The van der Waals surface area contributed by atoms with Gasteiger partial charge in [0.2, 0.25) is 0 Å². The smallest absolute Gasteiger partial charge is 0.0596 e. The van der Waals surface area contributed by atoms with Gasteiger partial charge in [0, 0.05) is 5.69 Å². The molecule has 1 atom stereocenters. The van der Waals surface area contributed by atoms with E-state index >= 15 is 0 Å². The molecule has 0 amide bonds. The van der Waals surface area contributed by atoms with Crippen molar-refractivity contribution < 1.29 is 0 Å². The number of nitrogens with zero attached hydrogens (tertiary/aromatic N) is 2. The molecule has 1 N–H and O–H groups in total. The van der Waals surface area contributed by atoms with Crippen LogP contribution in [0.25, 0.3) is 0 Å². The molecule has 1 unspecified atom stereocenters. The fourth-order valence-corrected chi connectivity index (χ4v) is 1.57. The van der Waals surface area contributed by atoms with E-state index < -0.39 is 0 Å². The topological polar surface area (TPSA) is 29.9 Å². The minimum absolute atomic E-state index is 0.487. The first kappa shape index (κ1) is 10.3. The van der Waals surface area contributed by atoms with Crippen LogP contribution < -0.4 is 5.32 Å². The molecule has 3 heteroatoms. The summed E-state index contributed by atoms with van der Waals surface area (Å²) in [7, 11) is 1.98. The molecule has 0 radical (unpaired) electrons. The predicted molar refractivity (Wildman–Crippen MR) is 55.0 cm³/mol. The van der Waals surface area contributed by atoms with E-state index in [0.29, 0.717) is 6.04 Å². The van der Waals surface area contributed by atoms with Gasteiger partial charge in [-0.2, -0.15) is 5.10 Å². The largest absolute Gasteiger partial charge is 0.320 e. The van der Waals surface area contributed by atoms with Gasteiger partial charge in [-0.3, -0.25) is 4.68 Å². The molecule has 13 heavy (non-hydrogen) atoms. The molecular formula is C10H19N3. The zero-order chi connectivity index (χ0) is 9.84. The van der Waals surface area contributed by atoms with E-state index in [9.17, 15) is 0 Å². The Morgan fingerprint density at radius 3 is 2.69 bits per heavy atom. The molecule has 1 aromatic heterocycles. The quantitative estimate of drug-likeness (QED) is 0.765. The third-order valence-corrected chi connectivity index (χ3v) is 2.27. The molecule has 0 saturated heterocycles. The molecule has 1 rings (SSSR count). The molecule has 0 saturated carbocycles. The molecule has 0 fully saturated rings. The fourth-order valence-electron chi connectivity index (χ4n) is 1.57. The Kier molecular flexibility index (Phi) is 3.48. The maximum Gasteiger partial charge on any atom is 0.0596 e. The molecule has 1 aromatic rings. The van der Waals surface area contributed by atoms with Gasteiger partial charge in [0.25, 0.3) is 0 Å². The van der Waals surface area contributed by atoms with E-state index in [-0.39, 0.29) is 0 Å². The van der Waals surface area contributed by atoms with Crippen LogP contribution in [0, 0.1) is 13.8 Å². The average Bonchev–Trinajstić information content (AvgIpc) is 2.41. The van der Waals surface area contributed by atoms with Crippen molar-refractivity contribution in [2.75, 3.05) is 13.6 Å². The average molecular weight is 181 g/mol. The maximum absolute atomic E-state index is 4.45. The van der Waals surface area contributed by atoms with Crippen LogP contribution in [-0.2, 0) is 0 Å². The molecule has 0 aliphatic rings. The van der Waals surface area contributed by atoms with Crippen LogP contribution in [-0.4, -0.2) is 23.4 Å². The van der Waals surface area contributed by atoms with Crippen LogP contribution in [0.15, 0.2) is 6.07 Å². The summed E-state index contributed by atoms with van der Waals surface area (Å²) in [4.78, 5) is 0. The van der Waals surface area contributed by atoms with Crippen LogP contribution in [0.1, 0.15) is 30.8 Å². The zero-order valence-corrected chi connectivity index (χ0v) is 8.96. The van der Waals surface area contributed by atoms with Crippen LogP contribution in [0.4, 0.5) is 0 Å². The second-order valence-corrected chi connectivity index (χ2v) is 3.61. The molecule has 74 valence electrons. The lowest BCUT2D eigenvalue weighted by molar-refractivity contribution is 0.442. The minimum Gasteiger partial charge on any atom is -0.320 e. The Morgan fingerprint density at radius 1 is 1.54 bits per heavy atom. The Bertz CT molecular complexity index is 265. The fraction of sp³-hybridized carbons (Fsp3) is 0.700. The van der Waals surface area contributed by atoms with Crippen molar-refractivity contribution in [3.05, 3.63) is 17.5 Å². The Balaban J connectivity index is 2.64. The second-order valence-electron chi connectivity index (χ2n) is 3.61. The van der Waals surface area contributed by atoms with Crippen molar-refractivity contribution in [3.63, 3.8) is 0 Å². The highest BCUT2D eigenvalue weighted by molar-refractivity contribution is 5.07. The second kappa shape index (κ2) is 4.42. The zero-order valence-electron chi connectivity index (χ0n) is 8.96. The van der Waals surface area contributed by atoms with Gasteiger partial charge in [-0.25, -0.2) is 0 Å². The van der Waals surface area contributed by atoms with Gasteiger partial charge < -0.3 is 5.32 Å². The third kappa shape index (κ3) is 2.56. The normalized spacial score (nSPS) is 13.2. The summed E-state index contributed by atoms with van der Waals surface area (Å²) in [6, 6.07) is 2.61. The van der Waals surface area contributed by atoms with Crippen molar-refractivity contribution in [1.29, 1.82) is 0 Å². The summed E-state index contributed by atoms with van der Waals surface area (Å²) >= 11 is 0. The van der Waals surface area contributed by atoms with Gasteiger partial charge in [0.15, 0.2) is 0 Å². The first-order valence-corrected chi connectivity index (χ1v) is 4.82. The highest BCUT2D eigenvalue weighted by Crippen LogP contribution is 2.12.